The lowest BCUT2D eigenvalue weighted by Gasteiger charge is -2.36. The van der Waals surface area contributed by atoms with E-state index in [-0.39, 0.29) is 24.8 Å². The number of aryl methyl sites for hydroxylation is 1. The van der Waals surface area contributed by atoms with Crippen LogP contribution < -0.4 is 10.6 Å². The molecule has 0 radical (unpaired) electrons. The Labute approximate surface area is 133 Å². The minimum atomic E-state index is 0. The predicted molar refractivity (Wildman–Crippen MR) is 88.2 cm³/mol. The minimum absolute atomic E-state index is 0. The number of aromatic nitrogens is 2. The highest BCUT2D eigenvalue weighted by molar-refractivity contribution is 5.85. The molecule has 1 fully saturated rings. The SMILES string of the molecule is Cc1ccc(N(C)C2CCN(CCN)CC2)nn1.Cl.Cl. The van der Waals surface area contributed by atoms with Crippen LogP contribution in [0, 0.1) is 6.92 Å². The summed E-state index contributed by atoms with van der Waals surface area (Å²) in [6, 6.07) is 4.63. The molecule has 0 aliphatic carbocycles. The maximum Gasteiger partial charge on any atom is 0.151 e. The molecule has 20 heavy (non-hydrogen) atoms. The average molecular weight is 322 g/mol. The van der Waals surface area contributed by atoms with Crippen LogP contribution in [-0.2, 0) is 0 Å². The third-order valence-corrected chi connectivity index (χ3v) is 3.70. The van der Waals surface area contributed by atoms with Gasteiger partial charge in [-0.1, -0.05) is 0 Å². The molecule has 1 aromatic rings. The number of likely N-dealkylation sites (tertiary alicyclic amines) is 1. The van der Waals surface area contributed by atoms with Gasteiger partial charge in [-0.25, -0.2) is 0 Å². The molecule has 1 saturated heterocycles. The van der Waals surface area contributed by atoms with Crippen molar-refractivity contribution in [2.75, 3.05) is 38.1 Å². The van der Waals surface area contributed by atoms with Crippen molar-refractivity contribution in [3.05, 3.63) is 17.8 Å². The third-order valence-electron chi connectivity index (χ3n) is 3.70. The normalized spacial score (nSPS) is 16.1. The van der Waals surface area contributed by atoms with Crippen molar-refractivity contribution in [3.63, 3.8) is 0 Å². The summed E-state index contributed by atoms with van der Waals surface area (Å²) in [5.41, 5.74) is 6.55. The second kappa shape index (κ2) is 9.34. The van der Waals surface area contributed by atoms with Crippen molar-refractivity contribution in [1.82, 2.24) is 15.1 Å². The van der Waals surface area contributed by atoms with Gasteiger partial charge in [-0.05, 0) is 31.9 Å². The molecule has 1 aliphatic rings. The van der Waals surface area contributed by atoms with Crippen molar-refractivity contribution in [2.45, 2.75) is 25.8 Å². The lowest BCUT2D eigenvalue weighted by atomic mass is 10.0. The molecule has 0 amide bonds. The van der Waals surface area contributed by atoms with E-state index in [0.717, 1.165) is 37.7 Å². The van der Waals surface area contributed by atoms with Gasteiger partial charge in [0.1, 0.15) is 0 Å². The second-order valence-corrected chi connectivity index (χ2v) is 5.01. The zero-order valence-corrected chi connectivity index (χ0v) is 13.8. The topological polar surface area (TPSA) is 58.3 Å². The van der Waals surface area contributed by atoms with Gasteiger partial charge >= 0.3 is 0 Å². The number of nitrogens with zero attached hydrogens (tertiary/aromatic N) is 4. The molecule has 1 aromatic heterocycles. The molecule has 7 heteroatoms. The number of hydrogen-bond donors (Lipinski definition) is 1. The summed E-state index contributed by atoms with van der Waals surface area (Å²) >= 11 is 0. The van der Waals surface area contributed by atoms with Crippen LogP contribution in [0.4, 0.5) is 5.82 Å². The fourth-order valence-corrected chi connectivity index (χ4v) is 2.48. The van der Waals surface area contributed by atoms with Gasteiger partial charge in [0, 0.05) is 39.3 Å². The average Bonchev–Trinajstić information content (AvgIpc) is 2.40. The maximum atomic E-state index is 5.59. The van der Waals surface area contributed by atoms with Crippen LogP contribution in [0.15, 0.2) is 12.1 Å². The first-order chi connectivity index (χ1) is 8.70. The molecule has 1 aliphatic heterocycles. The van der Waals surface area contributed by atoms with E-state index < -0.39 is 0 Å². The summed E-state index contributed by atoms with van der Waals surface area (Å²) < 4.78 is 0. The first-order valence-electron chi connectivity index (χ1n) is 6.66. The number of halogens is 2. The van der Waals surface area contributed by atoms with Gasteiger partial charge in [-0.15, -0.1) is 29.9 Å². The monoisotopic (exact) mass is 321 g/mol. The van der Waals surface area contributed by atoms with E-state index in [1.165, 1.54) is 12.8 Å². The molecule has 2 N–H and O–H groups in total. The number of anilines is 1. The second-order valence-electron chi connectivity index (χ2n) is 5.01. The molecule has 2 rings (SSSR count). The largest absolute Gasteiger partial charge is 0.355 e. The van der Waals surface area contributed by atoms with Crippen LogP contribution in [0.2, 0.25) is 0 Å². The van der Waals surface area contributed by atoms with E-state index in [0.29, 0.717) is 6.04 Å². The molecule has 0 bridgehead atoms. The van der Waals surface area contributed by atoms with Crippen LogP contribution in [0.25, 0.3) is 0 Å². The maximum absolute atomic E-state index is 5.59. The number of piperidine rings is 1. The third kappa shape index (κ3) is 5.05. The van der Waals surface area contributed by atoms with Crippen LogP contribution in [0.3, 0.4) is 0 Å². The Hall–Kier alpha value is -0.620. The van der Waals surface area contributed by atoms with Crippen LogP contribution in [0.5, 0.6) is 0 Å². The van der Waals surface area contributed by atoms with Gasteiger partial charge in [0.05, 0.1) is 5.69 Å². The highest BCUT2D eigenvalue weighted by atomic mass is 35.5. The van der Waals surface area contributed by atoms with E-state index >= 15 is 0 Å². The number of nitrogens with two attached hydrogens (primary N) is 1. The van der Waals surface area contributed by atoms with E-state index in [9.17, 15) is 0 Å². The Morgan fingerprint density at radius 1 is 1.25 bits per heavy atom. The zero-order chi connectivity index (χ0) is 13.0. The molecule has 0 atom stereocenters. The molecule has 0 aromatic carbocycles. The van der Waals surface area contributed by atoms with Crippen LogP contribution in [0.1, 0.15) is 18.5 Å². The summed E-state index contributed by atoms with van der Waals surface area (Å²) in [6.45, 7) is 5.99. The van der Waals surface area contributed by atoms with E-state index in [2.05, 4.69) is 33.1 Å². The Kier molecular flexibility index (Phi) is 9.05. The van der Waals surface area contributed by atoms with Crippen molar-refractivity contribution in [3.8, 4) is 0 Å². The first kappa shape index (κ1) is 19.4. The zero-order valence-electron chi connectivity index (χ0n) is 12.2. The van der Waals surface area contributed by atoms with Crippen molar-refractivity contribution < 1.29 is 0 Å². The Morgan fingerprint density at radius 3 is 2.40 bits per heavy atom. The van der Waals surface area contributed by atoms with Gasteiger partial charge in [0.2, 0.25) is 0 Å². The number of rotatable bonds is 4. The molecule has 5 nitrogen and oxygen atoms in total. The smallest absolute Gasteiger partial charge is 0.151 e. The lowest BCUT2D eigenvalue weighted by molar-refractivity contribution is 0.216. The first-order valence-corrected chi connectivity index (χ1v) is 6.66. The van der Waals surface area contributed by atoms with E-state index in [4.69, 9.17) is 5.73 Å². The fraction of sp³-hybridized carbons (Fsp3) is 0.692. The quantitative estimate of drug-likeness (QED) is 0.910. The Balaban J connectivity index is 0.00000180. The predicted octanol–water partition coefficient (Wildman–Crippen LogP) is 1.49. The minimum Gasteiger partial charge on any atom is -0.355 e. The summed E-state index contributed by atoms with van der Waals surface area (Å²) in [7, 11) is 2.11. The van der Waals surface area contributed by atoms with Gasteiger partial charge in [-0.3, -0.25) is 0 Å². The van der Waals surface area contributed by atoms with Crippen LogP contribution in [-0.4, -0.2) is 54.4 Å². The van der Waals surface area contributed by atoms with E-state index in [1.807, 2.05) is 13.0 Å². The van der Waals surface area contributed by atoms with Crippen LogP contribution >= 0.6 is 24.8 Å². The van der Waals surface area contributed by atoms with E-state index in [1.54, 1.807) is 0 Å². The molecular weight excluding hydrogens is 297 g/mol. The lowest BCUT2D eigenvalue weighted by Crippen LogP contribution is -2.45. The number of hydrogen-bond acceptors (Lipinski definition) is 5. The molecular formula is C13H25Cl2N5. The van der Waals surface area contributed by atoms with Crippen molar-refractivity contribution in [2.24, 2.45) is 5.73 Å². The van der Waals surface area contributed by atoms with Crippen molar-refractivity contribution >= 4 is 30.6 Å². The van der Waals surface area contributed by atoms with Gasteiger partial charge in [0.25, 0.3) is 0 Å². The molecule has 0 saturated carbocycles. The van der Waals surface area contributed by atoms with Gasteiger partial charge in [-0.2, -0.15) is 5.10 Å². The molecule has 0 spiro atoms. The summed E-state index contributed by atoms with van der Waals surface area (Å²) in [5, 5.41) is 8.37. The highest BCUT2D eigenvalue weighted by Crippen LogP contribution is 2.19. The molecule has 2 heterocycles. The fourth-order valence-electron chi connectivity index (χ4n) is 2.48. The Bertz CT molecular complexity index is 366. The highest BCUT2D eigenvalue weighted by Gasteiger charge is 2.22. The van der Waals surface area contributed by atoms with Gasteiger partial charge in [0.15, 0.2) is 5.82 Å². The summed E-state index contributed by atoms with van der Waals surface area (Å²) in [4.78, 5) is 4.69. The van der Waals surface area contributed by atoms with Crippen molar-refractivity contribution in [1.29, 1.82) is 0 Å². The van der Waals surface area contributed by atoms with Gasteiger partial charge < -0.3 is 15.5 Å². The standard InChI is InChI=1S/C13H23N5.2ClH/c1-11-3-4-13(16-15-11)17(2)12-5-8-18(9-6-12)10-7-14;;/h3-4,12H,5-10,14H2,1-2H3;2*1H. The Morgan fingerprint density at radius 2 is 1.90 bits per heavy atom. The molecule has 0 unspecified atom stereocenters. The summed E-state index contributed by atoms with van der Waals surface area (Å²) in [5.74, 6) is 0.970. The molecule has 116 valence electrons. The summed E-state index contributed by atoms with van der Waals surface area (Å²) in [6.07, 6.45) is 2.35.